The third kappa shape index (κ3) is 2.54. The number of hydrogen-bond donors (Lipinski definition) is 2. The zero-order chi connectivity index (χ0) is 15.7. The first-order chi connectivity index (χ1) is 10.5. The number of nitrogens with zero attached hydrogens (tertiary/aromatic N) is 1. The Balaban J connectivity index is 1.76. The van der Waals surface area contributed by atoms with E-state index in [9.17, 15) is 14.4 Å². The monoisotopic (exact) mass is 321 g/mol. The number of imide groups is 1. The van der Waals surface area contributed by atoms with E-state index >= 15 is 0 Å². The van der Waals surface area contributed by atoms with E-state index in [2.05, 4.69) is 10.7 Å². The quantitative estimate of drug-likeness (QED) is 0.820. The highest BCUT2D eigenvalue weighted by molar-refractivity contribution is 6.31. The fourth-order valence-electron chi connectivity index (χ4n) is 3.01. The van der Waals surface area contributed by atoms with Gasteiger partial charge in [0, 0.05) is 10.6 Å². The van der Waals surface area contributed by atoms with Gasteiger partial charge in [0.05, 0.1) is 0 Å². The number of rotatable bonds is 2. The van der Waals surface area contributed by atoms with Crippen molar-refractivity contribution in [3.8, 4) is 0 Å². The van der Waals surface area contributed by atoms with E-state index < -0.39 is 17.5 Å². The lowest BCUT2D eigenvalue weighted by atomic mass is 9.82. The summed E-state index contributed by atoms with van der Waals surface area (Å²) >= 11 is 5.84. The van der Waals surface area contributed by atoms with Crippen LogP contribution in [-0.4, -0.2) is 28.4 Å². The van der Waals surface area contributed by atoms with Gasteiger partial charge >= 0.3 is 6.03 Å². The summed E-state index contributed by atoms with van der Waals surface area (Å²) in [6.45, 7) is 0. The number of nitrogens with one attached hydrogen (secondary N) is 2. The van der Waals surface area contributed by atoms with Gasteiger partial charge in [-0.05, 0) is 31.0 Å². The standard InChI is InChI=1S/C15H16ClN3O3/c16-11-6-4-5-10(9-11)12(20)18-19-13(21)15(17-14(19)22)7-2-1-3-8-15/h4-6,9H,1-3,7-8H2,(H,17,22)(H,18,20). The highest BCUT2D eigenvalue weighted by atomic mass is 35.5. The van der Waals surface area contributed by atoms with Crippen LogP contribution in [-0.2, 0) is 4.79 Å². The predicted molar refractivity (Wildman–Crippen MR) is 80.1 cm³/mol. The van der Waals surface area contributed by atoms with E-state index in [0.29, 0.717) is 17.9 Å². The van der Waals surface area contributed by atoms with Crippen molar-refractivity contribution in [3.63, 3.8) is 0 Å². The second-order valence-corrected chi connectivity index (χ2v) is 6.10. The molecule has 0 radical (unpaired) electrons. The number of halogens is 1. The molecule has 1 aliphatic heterocycles. The van der Waals surface area contributed by atoms with Crippen LogP contribution in [0.5, 0.6) is 0 Å². The highest BCUT2D eigenvalue weighted by Gasteiger charge is 2.52. The molecule has 0 aromatic heterocycles. The van der Waals surface area contributed by atoms with Gasteiger partial charge in [0.1, 0.15) is 5.54 Å². The van der Waals surface area contributed by atoms with Crippen molar-refractivity contribution in [1.29, 1.82) is 0 Å². The Bertz CT molecular complexity index is 641. The molecule has 1 spiro atoms. The molecule has 22 heavy (non-hydrogen) atoms. The summed E-state index contributed by atoms with van der Waals surface area (Å²) in [5, 5.41) is 3.93. The summed E-state index contributed by atoms with van der Waals surface area (Å²) in [6.07, 6.45) is 4.06. The van der Waals surface area contributed by atoms with Gasteiger partial charge < -0.3 is 5.32 Å². The van der Waals surface area contributed by atoms with Crippen LogP contribution in [0.3, 0.4) is 0 Å². The van der Waals surface area contributed by atoms with Crippen molar-refractivity contribution in [3.05, 3.63) is 34.9 Å². The Hall–Kier alpha value is -2.08. The van der Waals surface area contributed by atoms with E-state index in [1.54, 1.807) is 18.2 Å². The lowest BCUT2D eigenvalue weighted by Gasteiger charge is -2.30. The Kier molecular flexibility index (Phi) is 3.78. The number of urea groups is 1. The van der Waals surface area contributed by atoms with Crippen molar-refractivity contribution in [2.75, 3.05) is 0 Å². The Morgan fingerprint density at radius 1 is 1.23 bits per heavy atom. The van der Waals surface area contributed by atoms with Crippen LogP contribution < -0.4 is 10.7 Å². The summed E-state index contributed by atoms with van der Waals surface area (Å²) in [7, 11) is 0. The summed E-state index contributed by atoms with van der Waals surface area (Å²) in [4.78, 5) is 36.7. The largest absolute Gasteiger partial charge is 0.344 e. The van der Waals surface area contributed by atoms with Crippen LogP contribution in [0.15, 0.2) is 24.3 Å². The maximum Gasteiger partial charge on any atom is 0.344 e. The first kappa shape index (κ1) is 14.8. The lowest BCUT2D eigenvalue weighted by molar-refractivity contribution is -0.134. The van der Waals surface area contributed by atoms with Crippen molar-refractivity contribution in [1.82, 2.24) is 15.8 Å². The Labute approximate surface area is 132 Å². The summed E-state index contributed by atoms with van der Waals surface area (Å²) in [6, 6.07) is 5.73. The number of hydrogen-bond acceptors (Lipinski definition) is 3. The molecule has 4 amide bonds. The summed E-state index contributed by atoms with van der Waals surface area (Å²) in [5.74, 6) is -0.925. The van der Waals surface area contributed by atoms with Gasteiger partial charge in [-0.25, -0.2) is 4.79 Å². The first-order valence-electron chi connectivity index (χ1n) is 7.25. The van der Waals surface area contributed by atoms with E-state index in [1.165, 1.54) is 6.07 Å². The average molecular weight is 322 g/mol. The molecule has 1 aromatic carbocycles. The second-order valence-electron chi connectivity index (χ2n) is 5.66. The van der Waals surface area contributed by atoms with Crippen LogP contribution in [0.1, 0.15) is 42.5 Å². The number of carbonyl (C=O) groups excluding carboxylic acids is 3. The van der Waals surface area contributed by atoms with Crippen LogP contribution in [0.25, 0.3) is 0 Å². The minimum atomic E-state index is -0.850. The molecule has 1 aromatic rings. The first-order valence-corrected chi connectivity index (χ1v) is 7.63. The van der Waals surface area contributed by atoms with Gasteiger partial charge in [-0.3, -0.25) is 15.0 Å². The van der Waals surface area contributed by atoms with Crippen LogP contribution >= 0.6 is 11.6 Å². The summed E-state index contributed by atoms with van der Waals surface area (Å²) < 4.78 is 0. The van der Waals surface area contributed by atoms with Gasteiger partial charge in [-0.1, -0.05) is 36.9 Å². The molecular weight excluding hydrogens is 306 g/mol. The molecule has 1 saturated heterocycles. The normalized spacial score (nSPS) is 20.1. The minimum Gasteiger partial charge on any atom is -0.322 e. The van der Waals surface area contributed by atoms with Crippen LogP contribution in [0.2, 0.25) is 5.02 Å². The molecule has 0 unspecified atom stereocenters. The molecule has 0 atom stereocenters. The Morgan fingerprint density at radius 2 is 1.95 bits per heavy atom. The molecule has 1 saturated carbocycles. The molecular formula is C15H16ClN3O3. The van der Waals surface area contributed by atoms with Crippen LogP contribution in [0, 0.1) is 0 Å². The average Bonchev–Trinajstić information content (AvgIpc) is 2.72. The lowest BCUT2D eigenvalue weighted by Crippen LogP contribution is -2.50. The molecule has 1 aliphatic carbocycles. The molecule has 2 aliphatic rings. The van der Waals surface area contributed by atoms with Gasteiger partial charge in [-0.2, -0.15) is 5.01 Å². The number of hydrazine groups is 1. The van der Waals surface area contributed by atoms with Crippen molar-refractivity contribution in [2.45, 2.75) is 37.6 Å². The third-order valence-electron chi connectivity index (χ3n) is 4.17. The maximum absolute atomic E-state index is 12.5. The molecule has 2 fully saturated rings. The molecule has 0 bridgehead atoms. The second kappa shape index (κ2) is 5.61. The van der Waals surface area contributed by atoms with Gasteiger partial charge in [0.25, 0.3) is 11.8 Å². The fourth-order valence-corrected chi connectivity index (χ4v) is 3.20. The van der Waals surface area contributed by atoms with E-state index in [0.717, 1.165) is 24.3 Å². The molecule has 3 rings (SSSR count). The Morgan fingerprint density at radius 3 is 2.64 bits per heavy atom. The van der Waals surface area contributed by atoms with Crippen molar-refractivity contribution < 1.29 is 14.4 Å². The molecule has 116 valence electrons. The van der Waals surface area contributed by atoms with Crippen LogP contribution in [0.4, 0.5) is 4.79 Å². The predicted octanol–water partition coefficient (Wildman–Crippen LogP) is 2.24. The maximum atomic E-state index is 12.5. The van der Waals surface area contributed by atoms with E-state index in [1.807, 2.05) is 0 Å². The van der Waals surface area contributed by atoms with Crippen molar-refractivity contribution >= 4 is 29.4 Å². The highest BCUT2D eigenvalue weighted by Crippen LogP contribution is 2.33. The van der Waals surface area contributed by atoms with Gasteiger partial charge in [0.2, 0.25) is 0 Å². The van der Waals surface area contributed by atoms with E-state index in [-0.39, 0.29) is 11.5 Å². The van der Waals surface area contributed by atoms with E-state index in [4.69, 9.17) is 11.6 Å². The third-order valence-corrected chi connectivity index (χ3v) is 4.40. The molecule has 6 nitrogen and oxygen atoms in total. The van der Waals surface area contributed by atoms with Crippen molar-refractivity contribution in [2.24, 2.45) is 0 Å². The number of amides is 4. The summed E-state index contributed by atoms with van der Waals surface area (Å²) in [5.41, 5.74) is 1.81. The smallest absolute Gasteiger partial charge is 0.322 e. The number of carbonyl (C=O) groups is 3. The molecule has 2 N–H and O–H groups in total. The molecule has 7 heteroatoms. The zero-order valence-corrected chi connectivity index (χ0v) is 12.7. The molecule has 1 heterocycles. The SMILES string of the molecule is O=C(NN1C(=O)NC2(CCCCC2)C1=O)c1cccc(Cl)c1. The number of benzene rings is 1. The zero-order valence-electron chi connectivity index (χ0n) is 11.9. The van der Waals surface area contributed by atoms with Gasteiger partial charge in [-0.15, -0.1) is 0 Å². The fraction of sp³-hybridized carbons (Fsp3) is 0.400. The minimum absolute atomic E-state index is 0.290. The topological polar surface area (TPSA) is 78.5 Å². The van der Waals surface area contributed by atoms with Gasteiger partial charge in [0.15, 0.2) is 0 Å².